The SMILES string of the molecule is COc1ccc([C@]2(C)NC(=O)N(N=Cc3c(Cl)cccc3Cl)C2=O)cc1. The van der Waals surface area contributed by atoms with Crippen LogP contribution in [0.3, 0.4) is 0 Å². The number of urea groups is 1. The molecule has 0 radical (unpaired) electrons. The molecule has 1 aliphatic rings. The summed E-state index contributed by atoms with van der Waals surface area (Å²) in [5.74, 6) is 0.143. The van der Waals surface area contributed by atoms with Gasteiger partial charge in [-0.1, -0.05) is 41.4 Å². The number of amides is 3. The van der Waals surface area contributed by atoms with Crippen LogP contribution in [0.5, 0.6) is 5.75 Å². The molecule has 134 valence electrons. The Balaban J connectivity index is 1.90. The van der Waals surface area contributed by atoms with Crippen LogP contribution < -0.4 is 10.1 Å². The number of halogens is 2. The fourth-order valence-electron chi connectivity index (χ4n) is 2.60. The quantitative estimate of drug-likeness (QED) is 0.636. The van der Waals surface area contributed by atoms with Crippen LogP contribution >= 0.6 is 23.2 Å². The number of carbonyl (C=O) groups is 2. The zero-order valence-corrected chi connectivity index (χ0v) is 15.5. The molecule has 2 aromatic rings. The Kier molecular flexibility index (Phi) is 4.89. The molecule has 3 rings (SSSR count). The summed E-state index contributed by atoms with van der Waals surface area (Å²) >= 11 is 12.2. The lowest BCUT2D eigenvalue weighted by Gasteiger charge is -2.21. The molecule has 0 aliphatic carbocycles. The van der Waals surface area contributed by atoms with Crippen LogP contribution in [0.4, 0.5) is 4.79 Å². The molecular weight excluding hydrogens is 377 g/mol. The summed E-state index contributed by atoms with van der Waals surface area (Å²) in [5.41, 5.74) is -0.190. The lowest BCUT2D eigenvalue weighted by molar-refractivity contribution is -0.131. The van der Waals surface area contributed by atoms with Crippen LogP contribution in [0, 0.1) is 0 Å². The van der Waals surface area contributed by atoms with Crippen molar-refractivity contribution in [1.82, 2.24) is 10.3 Å². The minimum Gasteiger partial charge on any atom is -0.497 e. The number of methoxy groups -OCH3 is 1. The van der Waals surface area contributed by atoms with Gasteiger partial charge in [0, 0.05) is 5.56 Å². The zero-order chi connectivity index (χ0) is 18.9. The minimum absolute atomic E-state index is 0.367. The molecule has 1 heterocycles. The molecule has 1 atom stereocenters. The Labute approximate surface area is 160 Å². The molecule has 1 aliphatic heterocycles. The summed E-state index contributed by atoms with van der Waals surface area (Å²) in [4.78, 5) is 25.1. The second-order valence-corrected chi connectivity index (χ2v) is 6.59. The van der Waals surface area contributed by atoms with Crippen LogP contribution in [0.25, 0.3) is 0 Å². The van der Waals surface area contributed by atoms with Crippen molar-refractivity contribution in [3.05, 3.63) is 63.6 Å². The smallest absolute Gasteiger partial charge is 0.346 e. The maximum atomic E-state index is 12.8. The van der Waals surface area contributed by atoms with Crippen LogP contribution in [-0.2, 0) is 10.3 Å². The van der Waals surface area contributed by atoms with E-state index in [1.54, 1.807) is 56.5 Å². The normalized spacial score (nSPS) is 19.9. The van der Waals surface area contributed by atoms with Crippen molar-refractivity contribution in [2.24, 2.45) is 5.10 Å². The Hall–Kier alpha value is -2.57. The molecule has 1 N–H and O–H groups in total. The van der Waals surface area contributed by atoms with Gasteiger partial charge in [0.05, 0.1) is 23.4 Å². The van der Waals surface area contributed by atoms with E-state index in [9.17, 15) is 9.59 Å². The van der Waals surface area contributed by atoms with Crippen molar-refractivity contribution >= 4 is 41.4 Å². The average molecular weight is 392 g/mol. The topological polar surface area (TPSA) is 71.0 Å². The highest BCUT2D eigenvalue weighted by atomic mass is 35.5. The first-order chi connectivity index (χ1) is 12.4. The fourth-order valence-corrected chi connectivity index (χ4v) is 3.09. The van der Waals surface area contributed by atoms with Gasteiger partial charge in [0.2, 0.25) is 0 Å². The summed E-state index contributed by atoms with van der Waals surface area (Å²) < 4.78 is 5.11. The Morgan fingerprint density at radius 2 is 1.73 bits per heavy atom. The number of nitrogens with zero attached hydrogens (tertiary/aromatic N) is 2. The van der Waals surface area contributed by atoms with Gasteiger partial charge >= 0.3 is 6.03 Å². The third-order valence-corrected chi connectivity index (χ3v) is 4.80. The van der Waals surface area contributed by atoms with Crippen LogP contribution in [0.1, 0.15) is 18.1 Å². The van der Waals surface area contributed by atoms with E-state index < -0.39 is 17.5 Å². The van der Waals surface area contributed by atoms with Crippen molar-refractivity contribution in [2.45, 2.75) is 12.5 Å². The Morgan fingerprint density at radius 3 is 2.31 bits per heavy atom. The number of ether oxygens (including phenoxy) is 1. The molecule has 1 fully saturated rings. The van der Waals surface area contributed by atoms with E-state index in [2.05, 4.69) is 10.4 Å². The summed E-state index contributed by atoms with van der Waals surface area (Å²) in [7, 11) is 1.55. The number of nitrogens with one attached hydrogen (secondary N) is 1. The maximum Gasteiger partial charge on any atom is 0.346 e. The van der Waals surface area contributed by atoms with E-state index in [1.807, 2.05) is 0 Å². The van der Waals surface area contributed by atoms with Crippen molar-refractivity contribution in [3.63, 3.8) is 0 Å². The first-order valence-electron chi connectivity index (χ1n) is 7.66. The van der Waals surface area contributed by atoms with Crippen molar-refractivity contribution in [2.75, 3.05) is 7.11 Å². The number of hydrazone groups is 1. The second kappa shape index (κ2) is 6.97. The maximum absolute atomic E-state index is 12.8. The van der Waals surface area contributed by atoms with Crippen LogP contribution in [-0.4, -0.2) is 30.3 Å². The highest BCUT2D eigenvalue weighted by Crippen LogP contribution is 2.30. The van der Waals surface area contributed by atoms with Gasteiger partial charge in [-0.25, -0.2) is 4.79 Å². The molecule has 1 saturated heterocycles. The number of hydrogen-bond acceptors (Lipinski definition) is 4. The summed E-state index contributed by atoms with van der Waals surface area (Å²) in [5, 5.41) is 8.15. The van der Waals surface area contributed by atoms with E-state index in [0.717, 1.165) is 5.01 Å². The Bertz CT molecular complexity index is 879. The van der Waals surface area contributed by atoms with Crippen molar-refractivity contribution in [1.29, 1.82) is 0 Å². The molecule has 0 bridgehead atoms. The molecule has 2 aromatic carbocycles. The third-order valence-electron chi connectivity index (χ3n) is 4.14. The minimum atomic E-state index is -1.23. The third kappa shape index (κ3) is 3.13. The molecule has 6 nitrogen and oxygen atoms in total. The predicted octanol–water partition coefficient (Wildman–Crippen LogP) is 3.80. The first-order valence-corrected chi connectivity index (χ1v) is 8.41. The highest BCUT2D eigenvalue weighted by molar-refractivity contribution is 6.38. The summed E-state index contributed by atoms with van der Waals surface area (Å²) in [6, 6.07) is 11.2. The van der Waals surface area contributed by atoms with E-state index in [4.69, 9.17) is 27.9 Å². The fraction of sp³-hybridized carbons (Fsp3) is 0.167. The van der Waals surface area contributed by atoms with E-state index in [1.165, 1.54) is 6.21 Å². The average Bonchev–Trinajstić information content (AvgIpc) is 2.85. The summed E-state index contributed by atoms with van der Waals surface area (Å²) in [6.45, 7) is 1.62. The van der Waals surface area contributed by atoms with Gasteiger partial charge < -0.3 is 10.1 Å². The number of hydrogen-bond donors (Lipinski definition) is 1. The van der Waals surface area contributed by atoms with Crippen LogP contribution in [0.15, 0.2) is 47.6 Å². The van der Waals surface area contributed by atoms with E-state index in [-0.39, 0.29) is 0 Å². The van der Waals surface area contributed by atoms with Gasteiger partial charge in [-0.2, -0.15) is 5.10 Å². The summed E-state index contributed by atoms with van der Waals surface area (Å²) in [6.07, 6.45) is 1.29. The van der Waals surface area contributed by atoms with E-state index in [0.29, 0.717) is 26.9 Å². The molecule has 0 aromatic heterocycles. The number of carbonyl (C=O) groups excluding carboxylic acids is 2. The lowest BCUT2D eigenvalue weighted by atomic mass is 9.92. The number of benzene rings is 2. The van der Waals surface area contributed by atoms with Crippen molar-refractivity contribution < 1.29 is 14.3 Å². The van der Waals surface area contributed by atoms with Crippen LogP contribution in [0.2, 0.25) is 10.0 Å². The molecule has 3 amide bonds. The molecule has 26 heavy (non-hydrogen) atoms. The van der Waals surface area contributed by atoms with Gasteiger partial charge in [-0.3, -0.25) is 4.79 Å². The van der Waals surface area contributed by atoms with Gasteiger partial charge in [0.25, 0.3) is 5.91 Å². The van der Waals surface area contributed by atoms with Gasteiger partial charge in [-0.15, -0.1) is 5.01 Å². The molecule has 0 spiro atoms. The largest absolute Gasteiger partial charge is 0.497 e. The zero-order valence-electron chi connectivity index (χ0n) is 14.0. The second-order valence-electron chi connectivity index (χ2n) is 5.78. The van der Waals surface area contributed by atoms with Gasteiger partial charge in [-0.05, 0) is 36.8 Å². The highest BCUT2D eigenvalue weighted by Gasteiger charge is 2.49. The van der Waals surface area contributed by atoms with Gasteiger partial charge in [0.15, 0.2) is 0 Å². The lowest BCUT2D eigenvalue weighted by Crippen LogP contribution is -2.40. The molecular formula is C18H15Cl2N3O3. The van der Waals surface area contributed by atoms with Gasteiger partial charge in [0.1, 0.15) is 11.3 Å². The standard InChI is InChI=1S/C18H15Cl2N3O3/c1-18(11-6-8-12(26-2)9-7-11)16(24)23(17(25)22-18)21-10-13-14(19)4-3-5-15(13)20/h3-10H,1-2H3,(H,22,25)/t18-/m0/s1. The molecule has 8 heteroatoms. The van der Waals surface area contributed by atoms with E-state index >= 15 is 0 Å². The first kappa shape index (κ1) is 18.2. The number of imide groups is 1. The predicted molar refractivity (Wildman–Crippen MR) is 99.8 cm³/mol. The van der Waals surface area contributed by atoms with Crippen molar-refractivity contribution in [3.8, 4) is 5.75 Å². The molecule has 0 unspecified atom stereocenters. The Morgan fingerprint density at radius 1 is 1.12 bits per heavy atom. The molecule has 0 saturated carbocycles. The monoisotopic (exact) mass is 391 g/mol. The number of rotatable bonds is 4.